The Bertz CT molecular complexity index is 656. The van der Waals surface area contributed by atoms with Crippen LogP contribution >= 0.6 is 24.0 Å². The lowest BCUT2D eigenvalue weighted by molar-refractivity contribution is -0.305. The number of aliphatic carboxylic acids is 1. The highest BCUT2D eigenvalue weighted by atomic mass is 32.2. The Hall–Kier alpha value is -2.06. The van der Waals surface area contributed by atoms with Gasteiger partial charge in [-0.15, -0.1) is 0 Å². The van der Waals surface area contributed by atoms with Crippen LogP contribution in [0.15, 0.2) is 23.1 Å². The Balaban J connectivity index is 2.19. The summed E-state index contributed by atoms with van der Waals surface area (Å²) in [6.45, 7) is -0.0365. The molecule has 2 N–H and O–H groups in total. The van der Waals surface area contributed by atoms with Gasteiger partial charge in [-0.3, -0.25) is 9.69 Å². The lowest BCUT2D eigenvalue weighted by Gasteiger charge is -2.14. The molecular formula is C13H10NO5S2-. The van der Waals surface area contributed by atoms with E-state index in [1.807, 2.05) is 0 Å². The van der Waals surface area contributed by atoms with Gasteiger partial charge in [-0.1, -0.05) is 30.0 Å². The van der Waals surface area contributed by atoms with Crippen LogP contribution in [0.5, 0.6) is 11.5 Å². The molecule has 0 saturated carbocycles. The van der Waals surface area contributed by atoms with E-state index in [0.29, 0.717) is 10.5 Å². The van der Waals surface area contributed by atoms with E-state index in [1.54, 1.807) is 0 Å². The summed E-state index contributed by atoms with van der Waals surface area (Å²) in [7, 11) is 0. The second-order valence-corrected chi connectivity index (χ2v) is 5.88. The molecule has 8 heteroatoms. The number of phenols is 2. The Morgan fingerprint density at radius 3 is 2.71 bits per heavy atom. The molecule has 110 valence electrons. The molecule has 1 aliphatic rings. The molecule has 1 saturated heterocycles. The maximum atomic E-state index is 12.1. The van der Waals surface area contributed by atoms with Crippen LogP contribution in [0.25, 0.3) is 6.08 Å². The fraction of sp³-hybridized carbons (Fsp3) is 0.154. The average molecular weight is 324 g/mol. The molecule has 1 amide bonds. The van der Waals surface area contributed by atoms with Gasteiger partial charge in [0.2, 0.25) is 0 Å². The van der Waals surface area contributed by atoms with Gasteiger partial charge < -0.3 is 20.1 Å². The summed E-state index contributed by atoms with van der Waals surface area (Å²) in [6, 6.07) is 4.14. The molecule has 1 heterocycles. The first-order chi connectivity index (χ1) is 9.88. The van der Waals surface area contributed by atoms with E-state index in [2.05, 4.69) is 0 Å². The quantitative estimate of drug-likeness (QED) is 0.471. The van der Waals surface area contributed by atoms with Gasteiger partial charge in [0.05, 0.1) is 4.91 Å². The first kappa shape index (κ1) is 15.3. The minimum Gasteiger partial charge on any atom is -0.550 e. The van der Waals surface area contributed by atoms with Gasteiger partial charge in [0, 0.05) is 18.9 Å². The number of thiocarbonyl (C=S) groups is 1. The smallest absolute Gasteiger partial charge is 0.266 e. The molecular weight excluding hydrogens is 314 g/mol. The Morgan fingerprint density at radius 1 is 1.38 bits per heavy atom. The van der Waals surface area contributed by atoms with Crippen molar-refractivity contribution in [2.24, 2.45) is 0 Å². The third kappa shape index (κ3) is 3.53. The zero-order valence-corrected chi connectivity index (χ0v) is 12.2. The standard InChI is InChI=1S/C13H11NO5S2/c15-8-2-1-7(5-9(8)16)6-10-12(19)14(13(20)21-10)4-3-11(17)18/h1-2,5-6,15-16H,3-4H2,(H,17,18)/p-1/b10-6-. The van der Waals surface area contributed by atoms with Gasteiger partial charge in [-0.05, 0) is 23.8 Å². The van der Waals surface area contributed by atoms with E-state index < -0.39 is 5.97 Å². The van der Waals surface area contributed by atoms with Crippen molar-refractivity contribution in [2.45, 2.75) is 6.42 Å². The number of hydrogen-bond donors (Lipinski definition) is 2. The van der Waals surface area contributed by atoms with Crippen LogP contribution in [0, 0.1) is 0 Å². The first-order valence-electron chi connectivity index (χ1n) is 5.85. The molecule has 0 atom stereocenters. The maximum Gasteiger partial charge on any atom is 0.266 e. The van der Waals surface area contributed by atoms with Crippen molar-refractivity contribution < 1.29 is 24.9 Å². The number of carbonyl (C=O) groups is 2. The van der Waals surface area contributed by atoms with Crippen LogP contribution in [0.4, 0.5) is 0 Å². The topological polar surface area (TPSA) is 101 Å². The highest BCUT2D eigenvalue weighted by molar-refractivity contribution is 8.26. The Morgan fingerprint density at radius 2 is 2.10 bits per heavy atom. The van der Waals surface area contributed by atoms with Gasteiger partial charge in [0.15, 0.2) is 11.5 Å². The number of thioether (sulfide) groups is 1. The zero-order chi connectivity index (χ0) is 15.6. The number of amides is 1. The molecule has 0 radical (unpaired) electrons. The van der Waals surface area contributed by atoms with Gasteiger partial charge in [0.25, 0.3) is 5.91 Å². The average Bonchev–Trinajstić information content (AvgIpc) is 2.67. The van der Waals surface area contributed by atoms with E-state index in [0.717, 1.165) is 11.8 Å². The Labute approximate surface area is 129 Å². The molecule has 1 aliphatic heterocycles. The van der Waals surface area contributed by atoms with E-state index in [1.165, 1.54) is 29.2 Å². The molecule has 2 rings (SSSR count). The number of phenolic OH excluding ortho intramolecular Hbond substituents is 2. The van der Waals surface area contributed by atoms with E-state index in [9.17, 15) is 24.9 Å². The lowest BCUT2D eigenvalue weighted by atomic mass is 10.2. The lowest BCUT2D eigenvalue weighted by Crippen LogP contribution is -2.33. The largest absolute Gasteiger partial charge is 0.550 e. The number of rotatable bonds is 4. The SMILES string of the molecule is O=C([O-])CCN1C(=O)/C(=C/c2ccc(O)c(O)c2)SC1=S. The summed E-state index contributed by atoms with van der Waals surface area (Å²) < 4.78 is 0.274. The molecule has 0 aromatic heterocycles. The van der Waals surface area contributed by atoms with Crippen LogP contribution < -0.4 is 5.11 Å². The number of carboxylic acid groups (broad SMARTS) is 1. The fourth-order valence-corrected chi connectivity index (χ4v) is 2.99. The van der Waals surface area contributed by atoms with Crippen molar-refractivity contribution in [1.82, 2.24) is 4.90 Å². The van der Waals surface area contributed by atoms with E-state index in [-0.39, 0.29) is 34.7 Å². The Kier molecular flexibility index (Phi) is 4.49. The number of hydrogen-bond acceptors (Lipinski definition) is 7. The van der Waals surface area contributed by atoms with E-state index >= 15 is 0 Å². The summed E-state index contributed by atoms with van der Waals surface area (Å²) in [6.07, 6.45) is 1.22. The van der Waals surface area contributed by atoms with Crippen molar-refractivity contribution in [2.75, 3.05) is 6.54 Å². The third-order valence-corrected chi connectivity index (χ3v) is 4.09. The molecule has 0 aliphatic carbocycles. The van der Waals surface area contributed by atoms with Crippen LogP contribution in [-0.4, -0.2) is 37.9 Å². The van der Waals surface area contributed by atoms with Crippen LogP contribution in [0.2, 0.25) is 0 Å². The molecule has 1 aromatic rings. The van der Waals surface area contributed by atoms with Crippen molar-refractivity contribution in [3.63, 3.8) is 0 Å². The highest BCUT2D eigenvalue weighted by Gasteiger charge is 2.31. The van der Waals surface area contributed by atoms with Gasteiger partial charge in [0.1, 0.15) is 4.32 Å². The van der Waals surface area contributed by atoms with Crippen LogP contribution in [-0.2, 0) is 9.59 Å². The second kappa shape index (κ2) is 6.15. The fourth-order valence-electron chi connectivity index (χ4n) is 1.68. The number of carbonyl (C=O) groups excluding carboxylic acids is 2. The van der Waals surface area contributed by atoms with Crippen molar-refractivity contribution in [1.29, 1.82) is 0 Å². The summed E-state index contributed by atoms with van der Waals surface area (Å²) in [4.78, 5) is 24.1. The third-order valence-electron chi connectivity index (χ3n) is 2.71. The van der Waals surface area contributed by atoms with E-state index in [4.69, 9.17) is 12.2 Å². The van der Waals surface area contributed by atoms with Gasteiger partial charge in [-0.2, -0.15) is 0 Å². The molecule has 6 nitrogen and oxygen atoms in total. The molecule has 1 aromatic carbocycles. The normalized spacial score (nSPS) is 16.8. The first-order valence-corrected chi connectivity index (χ1v) is 7.08. The summed E-state index contributed by atoms with van der Waals surface area (Å²) in [5, 5.41) is 29.1. The number of nitrogens with zero attached hydrogens (tertiary/aromatic N) is 1. The molecule has 1 fully saturated rings. The van der Waals surface area contributed by atoms with Crippen molar-refractivity contribution >= 4 is 46.3 Å². The number of carboxylic acids is 1. The predicted molar refractivity (Wildman–Crippen MR) is 79.3 cm³/mol. The molecule has 0 spiro atoms. The molecule has 21 heavy (non-hydrogen) atoms. The minimum atomic E-state index is -1.25. The minimum absolute atomic E-state index is 0.0365. The van der Waals surface area contributed by atoms with Crippen molar-refractivity contribution in [3.8, 4) is 11.5 Å². The second-order valence-electron chi connectivity index (χ2n) is 4.20. The molecule has 0 bridgehead atoms. The predicted octanol–water partition coefficient (Wildman–Crippen LogP) is 0.439. The van der Waals surface area contributed by atoms with Gasteiger partial charge in [-0.25, -0.2) is 0 Å². The monoisotopic (exact) mass is 324 g/mol. The van der Waals surface area contributed by atoms with Crippen molar-refractivity contribution in [3.05, 3.63) is 28.7 Å². The van der Waals surface area contributed by atoms with Crippen LogP contribution in [0.3, 0.4) is 0 Å². The number of aromatic hydroxyl groups is 2. The number of benzene rings is 1. The van der Waals surface area contributed by atoms with Crippen LogP contribution in [0.1, 0.15) is 12.0 Å². The maximum absolute atomic E-state index is 12.1. The highest BCUT2D eigenvalue weighted by Crippen LogP contribution is 2.34. The molecule has 0 unspecified atom stereocenters. The summed E-state index contributed by atoms with van der Waals surface area (Å²) >= 11 is 6.08. The summed E-state index contributed by atoms with van der Waals surface area (Å²) in [5.41, 5.74) is 0.519. The van der Waals surface area contributed by atoms with Gasteiger partial charge >= 0.3 is 0 Å². The summed E-state index contributed by atoms with van der Waals surface area (Å²) in [5.74, 6) is -2.19. The zero-order valence-electron chi connectivity index (χ0n) is 10.6.